The van der Waals surface area contributed by atoms with Gasteiger partial charge in [0.05, 0.1) is 0 Å². The molecule has 32 heavy (non-hydrogen) atoms. The summed E-state index contributed by atoms with van der Waals surface area (Å²) in [5, 5.41) is 0. The molecule has 6 radical (unpaired) electrons. The summed E-state index contributed by atoms with van der Waals surface area (Å²) < 4.78 is 3.97. The molecule has 0 N–H and O–H groups in total. The summed E-state index contributed by atoms with van der Waals surface area (Å²) in [7, 11) is 0. The van der Waals surface area contributed by atoms with Crippen LogP contribution in [0.1, 0.15) is 70.2 Å². The molecule has 0 atom stereocenters. The number of ketones is 2. The summed E-state index contributed by atoms with van der Waals surface area (Å²) in [6.45, 7) is 22.0. The molecule has 2 aliphatic rings. The van der Waals surface area contributed by atoms with Gasteiger partial charge in [0.1, 0.15) is 0 Å². The molecule has 0 aromatic rings. The predicted molar refractivity (Wildman–Crippen MR) is 158 cm³/mol. The van der Waals surface area contributed by atoms with E-state index in [-0.39, 0.29) is 43.2 Å². The van der Waals surface area contributed by atoms with Gasteiger partial charge >= 0.3 is 62.4 Å². The number of hydrogen-bond acceptors (Lipinski definition) is 5. The number of carbonyl (C=O) groups is 4. The van der Waals surface area contributed by atoms with Crippen molar-refractivity contribution in [2.24, 2.45) is 0 Å². The Labute approximate surface area is 232 Å². The topological polar surface area (TPSA) is 77.5 Å². The van der Waals surface area contributed by atoms with Crippen molar-refractivity contribution in [1.82, 2.24) is 0 Å². The zero-order chi connectivity index (χ0) is 24.0. The van der Waals surface area contributed by atoms with Gasteiger partial charge in [0, 0.05) is 29.0 Å². The average Bonchev–Trinajstić information content (AvgIpc) is 3.15. The fourth-order valence-corrected chi connectivity index (χ4v) is 0.743. The zero-order valence-corrected chi connectivity index (χ0v) is 25.7. The van der Waals surface area contributed by atoms with E-state index in [1.54, 1.807) is 0 Å². The van der Waals surface area contributed by atoms with E-state index in [9.17, 15) is 19.2 Å². The predicted octanol–water partition coefficient (Wildman–Crippen LogP) is 4.07. The van der Waals surface area contributed by atoms with Crippen LogP contribution in [-0.2, 0) is 23.9 Å². The van der Waals surface area contributed by atoms with E-state index < -0.39 is 11.9 Å². The van der Waals surface area contributed by atoms with Crippen LogP contribution in [0.4, 0.5) is 0 Å². The molecule has 2 rings (SSSR count). The molecule has 10 heteroatoms. The second-order valence-electron chi connectivity index (χ2n) is 2.60. The molecule has 0 fully saturated rings. The van der Waals surface area contributed by atoms with Crippen molar-refractivity contribution in [3.05, 3.63) is 49.6 Å². The molecule has 1 aliphatic carbocycles. The Morgan fingerprint density at radius 1 is 0.594 bits per heavy atom. The first-order valence-electron chi connectivity index (χ1n) is 8.74. The van der Waals surface area contributed by atoms with Crippen LogP contribution in [0.15, 0.2) is 49.6 Å². The Balaban J connectivity index is -0.0000000233. The van der Waals surface area contributed by atoms with Crippen molar-refractivity contribution < 1.29 is 37.2 Å². The largest absolute Gasteiger partial charge is 0.387 e. The molecular weight excluding hydrogens is 747 g/mol. The quantitative estimate of drug-likeness (QED) is 0.0925. The van der Waals surface area contributed by atoms with Gasteiger partial charge < -0.3 is 4.74 Å². The average molecular weight is 789 g/mol. The second kappa shape index (κ2) is 69.8. The SMILES string of the molecule is C.C.C=C.CC.CC.CC.CC.I[I-]I.O=C1C=CC(=O)C=C1.O=C1C=CC(=O)O1.[B].[B]. The Morgan fingerprint density at radius 3 is 0.844 bits per heavy atom. The number of cyclic esters (lactones) is 2. The first-order chi connectivity index (χ1) is 13.5. The molecule has 5 nitrogen and oxygen atoms in total. The van der Waals surface area contributed by atoms with Crippen molar-refractivity contribution in [2.75, 3.05) is 0 Å². The third-order valence-corrected chi connectivity index (χ3v) is 1.38. The van der Waals surface area contributed by atoms with Gasteiger partial charge in [0.15, 0.2) is 11.6 Å². The van der Waals surface area contributed by atoms with Crippen molar-refractivity contribution >= 4 is 77.6 Å². The fraction of sp³-hybridized carbons (Fsp3) is 0.455. The van der Waals surface area contributed by atoms with Crippen LogP contribution in [0.25, 0.3) is 0 Å². The number of allylic oxidation sites excluding steroid dienone is 4. The molecule has 0 aromatic heterocycles. The maximum absolute atomic E-state index is 10.3. The Hall–Kier alpha value is -0.240. The van der Waals surface area contributed by atoms with Gasteiger partial charge in [-0.25, -0.2) is 9.59 Å². The van der Waals surface area contributed by atoms with E-state index in [1.165, 1.54) is 24.3 Å². The standard InChI is InChI=1S/C6H4O2.C4H2O3.4C2H6.C2H4.2CH4.2B.I3/c7-5-1-2-6(8)4-3-5;5-3-1-2-4(6)7-3;5*1-2;;;;;1-3-2/h1-4H;1-2H;4*1-2H3;1-2H2;2*1H4;;;/q;;;;;;;;;;;-1. The van der Waals surface area contributed by atoms with Crippen molar-refractivity contribution in [2.45, 2.75) is 70.2 Å². The Kier molecular flexibility index (Phi) is 138. The van der Waals surface area contributed by atoms with Gasteiger partial charge in [-0.2, -0.15) is 0 Å². The smallest absolute Gasteiger partial charge is 0.338 e. The normalized spacial score (nSPS) is 9.81. The van der Waals surface area contributed by atoms with E-state index in [0.29, 0.717) is 13.3 Å². The molecule has 188 valence electrons. The third kappa shape index (κ3) is 69.9. The first-order valence-corrected chi connectivity index (χ1v) is 21.3. The van der Waals surface area contributed by atoms with Crippen LogP contribution in [0.5, 0.6) is 0 Å². The Morgan fingerprint density at radius 2 is 0.750 bits per heavy atom. The fourth-order valence-electron chi connectivity index (χ4n) is 0.743. The number of ether oxygens (including phenoxy) is 1. The van der Waals surface area contributed by atoms with Gasteiger partial charge in [0.2, 0.25) is 0 Å². The minimum Gasteiger partial charge on any atom is -0.387 e. The minimum atomic E-state index is -0.579. The third-order valence-electron chi connectivity index (χ3n) is 1.38. The Bertz CT molecular complexity index is 414. The summed E-state index contributed by atoms with van der Waals surface area (Å²) >= 11 is 5.30. The monoisotopic (exact) mass is 789 g/mol. The van der Waals surface area contributed by atoms with E-state index in [4.69, 9.17) is 0 Å². The summed E-state index contributed by atoms with van der Waals surface area (Å²) in [5.41, 5.74) is 0. The van der Waals surface area contributed by atoms with E-state index >= 15 is 0 Å². The maximum Gasteiger partial charge on any atom is 0.338 e. The molecule has 0 spiro atoms. The molecule has 0 saturated heterocycles. The van der Waals surface area contributed by atoms with Gasteiger partial charge in [-0.3, -0.25) is 9.59 Å². The van der Waals surface area contributed by atoms with Crippen LogP contribution in [0.2, 0.25) is 0 Å². The maximum atomic E-state index is 10.3. The van der Waals surface area contributed by atoms with E-state index in [1.807, 2.05) is 55.4 Å². The van der Waals surface area contributed by atoms with Crippen molar-refractivity contribution in [3.8, 4) is 0 Å². The molecule has 0 bridgehead atoms. The first kappa shape index (κ1) is 63.5. The van der Waals surface area contributed by atoms with Crippen molar-refractivity contribution in [1.29, 1.82) is 0 Å². The molecule has 1 heterocycles. The van der Waals surface area contributed by atoms with Gasteiger partial charge in [0.25, 0.3) is 0 Å². The van der Waals surface area contributed by atoms with Gasteiger partial charge in [-0.15, -0.1) is 13.2 Å². The van der Waals surface area contributed by atoms with Gasteiger partial charge in [-0.1, -0.05) is 70.2 Å². The van der Waals surface area contributed by atoms with Crippen LogP contribution < -0.4 is 13.3 Å². The molecule has 0 amide bonds. The van der Waals surface area contributed by atoms with Crippen molar-refractivity contribution in [3.63, 3.8) is 0 Å². The summed E-state index contributed by atoms with van der Waals surface area (Å²) in [4.78, 5) is 40.4. The molecule has 0 aromatic carbocycles. The molecular formula is C22H42B2I3O5-. The minimum absolute atomic E-state index is 0. The van der Waals surface area contributed by atoms with Crippen LogP contribution in [0, 0.1) is 0 Å². The number of hydrogen-bond donors (Lipinski definition) is 0. The van der Waals surface area contributed by atoms with Crippen LogP contribution in [0.3, 0.4) is 0 Å². The number of esters is 2. The zero-order valence-electron chi connectivity index (χ0n) is 19.2. The molecule has 1 aliphatic heterocycles. The number of halogens is 3. The summed E-state index contributed by atoms with van der Waals surface area (Å²) in [6, 6.07) is 0. The summed E-state index contributed by atoms with van der Waals surface area (Å²) in [5.74, 6) is -1.40. The summed E-state index contributed by atoms with van der Waals surface area (Å²) in [6.07, 6.45) is 7.18. The van der Waals surface area contributed by atoms with E-state index in [0.717, 1.165) is 12.2 Å². The van der Waals surface area contributed by atoms with Gasteiger partial charge in [-0.05, 0) is 24.3 Å². The number of rotatable bonds is 0. The number of carbonyl (C=O) groups excluding carboxylic acids is 4. The van der Waals surface area contributed by atoms with Crippen LogP contribution >= 0.6 is 37.2 Å². The molecule has 0 saturated carbocycles. The van der Waals surface area contributed by atoms with E-state index in [2.05, 4.69) is 55.1 Å². The second-order valence-corrected chi connectivity index (χ2v) is 18.8. The van der Waals surface area contributed by atoms with Crippen LogP contribution in [-0.4, -0.2) is 40.3 Å². The molecule has 0 unspecified atom stereocenters.